The van der Waals surface area contributed by atoms with Crippen LogP contribution < -0.4 is 5.32 Å². The Morgan fingerprint density at radius 3 is 2.35 bits per heavy atom. The predicted molar refractivity (Wildman–Crippen MR) is 84.0 cm³/mol. The third kappa shape index (κ3) is 3.48. The number of imidazole rings is 1. The molecule has 0 saturated heterocycles. The number of hydrogen-bond acceptors (Lipinski definition) is 2. The lowest BCUT2D eigenvalue weighted by Crippen LogP contribution is -2.35. The molecule has 20 heavy (non-hydrogen) atoms. The summed E-state index contributed by atoms with van der Waals surface area (Å²) in [4.78, 5) is 4.08. The lowest BCUT2D eigenvalue weighted by atomic mass is 9.99. The molecule has 2 unspecified atom stereocenters. The number of benzene rings is 1. The minimum absolute atomic E-state index is 0.374. The van der Waals surface area contributed by atoms with E-state index in [1.807, 2.05) is 17.1 Å². The minimum Gasteiger partial charge on any atom is -0.307 e. The summed E-state index contributed by atoms with van der Waals surface area (Å²) in [7, 11) is 0. The third-order valence-electron chi connectivity index (χ3n) is 3.90. The van der Waals surface area contributed by atoms with Crippen molar-refractivity contribution in [1.82, 2.24) is 14.9 Å². The smallest absolute Gasteiger partial charge is 0.0991 e. The van der Waals surface area contributed by atoms with Gasteiger partial charge in [-0.05, 0) is 37.0 Å². The lowest BCUT2D eigenvalue weighted by Gasteiger charge is -2.25. The van der Waals surface area contributed by atoms with E-state index in [1.54, 1.807) is 6.20 Å². The summed E-state index contributed by atoms with van der Waals surface area (Å²) in [5.41, 5.74) is 2.47. The van der Waals surface area contributed by atoms with Gasteiger partial charge in [0.2, 0.25) is 0 Å². The fourth-order valence-corrected chi connectivity index (χ4v) is 2.55. The Morgan fingerprint density at radius 2 is 1.85 bits per heavy atom. The summed E-state index contributed by atoms with van der Waals surface area (Å²) in [6.45, 7) is 9.02. The lowest BCUT2D eigenvalue weighted by molar-refractivity contribution is 0.356. The van der Waals surface area contributed by atoms with Crippen molar-refractivity contribution in [2.75, 3.05) is 0 Å². The van der Waals surface area contributed by atoms with Gasteiger partial charge in [0.15, 0.2) is 0 Å². The first kappa shape index (κ1) is 14.8. The maximum Gasteiger partial charge on any atom is 0.0991 e. The average molecular weight is 271 g/mol. The van der Waals surface area contributed by atoms with E-state index in [1.165, 1.54) is 5.56 Å². The van der Waals surface area contributed by atoms with E-state index >= 15 is 0 Å². The van der Waals surface area contributed by atoms with Crippen LogP contribution in [-0.2, 0) is 0 Å². The molecule has 2 rings (SSSR count). The molecule has 0 aliphatic rings. The summed E-state index contributed by atoms with van der Waals surface area (Å²) in [6, 6.07) is 9.62. The Balaban J connectivity index is 2.06. The summed E-state index contributed by atoms with van der Waals surface area (Å²) < 4.78 is 2.02. The highest BCUT2D eigenvalue weighted by Gasteiger charge is 2.14. The van der Waals surface area contributed by atoms with E-state index in [4.69, 9.17) is 0 Å². The van der Waals surface area contributed by atoms with Gasteiger partial charge in [0.05, 0.1) is 6.33 Å². The minimum atomic E-state index is 0.374. The average Bonchev–Trinajstić information content (AvgIpc) is 2.98. The van der Waals surface area contributed by atoms with Gasteiger partial charge in [-0.15, -0.1) is 0 Å². The van der Waals surface area contributed by atoms with Crippen LogP contribution >= 0.6 is 0 Å². The summed E-state index contributed by atoms with van der Waals surface area (Å²) in [5, 5.41) is 3.72. The summed E-state index contributed by atoms with van der Waals surface area (Å²) in [5.74, 6) is 0.660. The molecule has 3 nitrogen and oxygen atoms in total. The number of nitrogens with zero attached hydrogens (tertiary/aromatic N) is 2. The van der Waals surface area contributed by atoms with Crippen LogP contribution in [0.15, 0.2) is 43.0 Å². The molecule has 0 aliphatic carbocycles. The maximum absolute atomic E-state index is 4.08. The molecule has 108 valence electrons. The second kappa shape index (κ2) is 6.71. The van der Waals surface area contributed by atoms with Crippen LogP contribution in [-0.4, -0.2) is 15.6 Å². The van der Waals surface area contributed by atoms with Crippen LogP contribution in [0.1, 0.15) is 45.7 Å². The SMILES string of the molecule is CCC(NC(C)c1ccc(-n2ccnc2)cc1)C(C)C. The number of rotatable bonds is 6. The Hall–Kier alpha value is -1.61. The van der Waals surface area contributed by atoms with Crippen LogP contribution in [0.4, 0.5) is 0 Å². The first-order valence-corrected chi connectivity index (χ1v) is 7.46. The summed E-state index contributed by atoms with van der Waals surface area (Å²) >= 11 is 0. The zero-order valence-corrected chi connectivity index (χ0v) is 12.9. The molecule has 2 atom stereocenters. The Morgan fingerprint density at radius 1 is 1.15 bits per heavy atom. The van der Waals surface area contributed by atoms with E-state index in [9.17, 15) is 0 Å². The molecule has 0 saturated carbocycles. The van der Waals surface area contributed by atoms with Crippen molar-refractivity contribution in [2.45, 2.75) is 46.2 Å². The van der Waals surface area contributed by atoms with Gasteiger partial charge in [-0.2, -0.15) is 0 Å². The molecule has 0 radical (unpaired) electrons. The molecular formula is C17H25N3. The largest absolute Gasteiger partial charge is 0.307 e. The molecule has 2 aromatic rings. The van der Waals surface area contributed by atoms with Crippen molar-refractivity contribution in [1.29, 1.82) is 0 Å². The Bertz CT molecular complexity index is 500. The van der Waals surface area contributed by atoms with E-state index in [2.05, 4.69) is 62.3 Å². The van der Waals surface area contributed by atoms with E-state index in [0.29, 0.717) is 18.0 Å². The van der Waals surface area contributed by atoms with Crippen molar-refractivity contribution in [3.05, 3.63) is 48.5 Å². The van der Waals surface area contributed by atoms with Crippen molar-refractivity contribution in [3.8, 4) is 5.69 Å². The first-order chi connectivity index (χ1) is 9.61. The second-order valence-electron chi connectivity index (χ2n) is 5.71. The molecule has 1 N–H and O–H groups in total. The van der Waals surface area contributed by atoms with Crippen LogP contribution in [0.3, 0.4) is 0 Å². The van der Waals surface area contributed by atoms with Gasteiger partial charge in [-0.25, -0.2) is 4.98 Å². The fraction of sp³-hybridized carbons (Fsp3) is 0.471. The molecule has 1 aromatic heterocycles. The van der Waals surface area contributed by atoms with Crippen LogP contribution in [0.2, 0.25) is 0 Å². The Labute approximate surface area is 122 Å². The summed E-state index contributed by atoms with van der Waals surface area (Å²) in [6.07, 6.45) is 6.74. The maximum atomic E-state index is 4.08. The van der Waals surface area contributed by atoms with Gasteiger partial charge in [0, 0.05) is 30.2 Å². The number of hydrogen-bond donors (Lipinski definition) is 1. The molecule has 0 fully saturated rings. The van der Waals surface area contributed by atoms with Gasteiger partial charge < -0.3 is 9.88 Å². The van der Waals surface area contributed by atoms with Gasteiger partial charge in [0.1, 0.15) is 0 Å². The monoisotopic (exact) mass is 271 g/mol. The van der Waals surface area contributed by atoms with Gasteiger partial charge >= 0.3 is 0 Å². The normalized spacial score (nSPS) is 14.4. The van der Waals surface area contributed by atoms with Crippen LogP contribution in [0.25, 0.3) is 5.69 Å². The molecule has 0 amide bonds. The van der Waals surface area contributed by atoms with Crippen molar-refractivity contribution in [3.63, 3.8) is 0 Å². The van der Waals surface area contributed by atoms with Gasteiger partial charge in [-0.1, -0.05) is 32.9 Å². The van der Waals surface area contributed by atoms with Crippen molar-refractivity contribution >= 4 is 0 Å². The molecule has 0 spiro atoms. The quantitative estimate of drug-likeness (QED) is 0.862. The molecule has 3 heteroatoms. The Kier molecular flexibility index (Phi) is 4.96. The second-order valence-corrected chi connectivity index (χ2v) is 5.71. The van der Waals surface area contributed by atoms with Crippen LogP contribution in [0.5, 0.6) is 0 Å². The number of nitrogens with one attached hydrogen (secondary N) is 1. The zero-order valence-electron chi connectivity index (χ0n) is 12.9. The van der Waals surface area contributed by atoms with E-state index < -0.39 is 0 Å². The highest BCUT2D eigenvalue weighted by Crippen LogP contribution is 2.18. The molecular weight excluding hydrogens is 246 g/mol. The fourth-order valence-electron chi connectivity index (χ4n) is 2.55. The molecule has 0 aliphatic heterocycles. The zero-order chi connectivity index (χ0) is 14.5. The van der Waals surface area contributed by atoms with Crippen LogP contribution in [0, 0.1) is 5.92 Å². The topological polar surface area (TPSA) is 29.9 Å². The van der Waals surface area contributed by atoms with E-state index in [0.717, 1.165) is 12.1 Å². The highest BCUT2D eigenvalue weighted by molar-refractivity contribution is 5.35. The highest BCUT2D eigenvalue weighted by atomic mass is 15.0. The first-order valence-electron chi connectivity index (χ1n) is 7.46. The third-order valence-corrected chi connectivity index (χ3v) is 3.90. The van der Waals surface area contributed by atoms with Crippen molar-refractivity contribution in [2.24, 2.45) is 5.92 Å². The molecule has 1 heterocycles. The number of aromatic nitrogens is 2. The predicted octanol–water partition coefficient (Wildman–Crippen LogP) is 3.96. The van der Waals surface area contributed by atoms with Crippen molar-refractivity contribution < 1.29 is 0 Å². The molecule has 0 bridgehead atoms. The van der Waals surface area contributed by atoms with Gasteiger partial charge in [-0.3, -0.25) is 0 Å². The van der Waals surface area contributed by atoms with Gasteiger partial charge in [0.25, 0.3) is 0 Å². The standard InChI is InChI=1S/C17H25N3/c1-5-17(13(2)3)19-14(4)15-6-8-16(9-7-15)20-11-10-18-12-20/h6-14,17,19H,5H2,1-4H3. The van der Waals surface area contributed by atoms with E-state index in [-0.39, 0.29) is 0 Å². The molecule has 1 aromatic carbocycles.